The van der Waals surface area contributed by atoms with E-state index in [0.717, 1.165) is 37.5 Å². The van der Waals surface area contributed by atoms with Crippen molar-refractivity contribution in [2.75, 3.05) is 25.5 Å². The minimum Gasteiger partial charge on any atom is -0.495 e. The van der Waals surface area contributed by atoms with Crippen molar-refractivity contribution >= 4 is 27.7 Å². The van der Waals surface area contributed by atoms with E-state index in [4.69, 9.17) is 4.74 Å². The molecule has 1 aliphatic heterocycles. The average Bonchev–Trinajstić information content (AvgIpc) is 2.78. The van der Waals surface area contributed by atoms with Crippen molar-refractivity contribution in [2.45, 2.75) is 30.3 Å². The Kier molecular flexibility index (Phi) is 7.25. The summed E-state index contributed by atoms with van der Waals surface area (Å²) in [6.07, 6.45) is 0.388. The zero-order valence-electron chi connectivity index (χ0n) is 17.4. The number of anilines is 1. The maximum absolute atomic E-state index is 12.9. The van der Waals surface area contributed by atoms with Crippen molar-refractivity contribution in [3.63, 3.8) is 0 Å². The Hall–Kier alpha value is -2.85. The van der Waals surface area contributed by atoms with Crippen LogP contribution in [-0.4, -0.2) is 38.8 Å². The molecule has 1 N–H and O–H groups in total. The number of piperidine rings is 1. The smallest absolute Gasteiger partial charge is 0.416 e. The van der Waals surface area contributed by atoms with Crippen LogP contribution in [0.25, 0.3) is 6.08 Å². The molecule has 0 bridgehead atoms. The number of alkyl halides is 3. The zero-order chi connectivity index (χ0) is 23.4. The summed E-state index contributed by atoms with van der Waals surface area (Å²) in [4.78, 5) is 12.4. The number of carbonyl (C=O) groups is 1. The Balaban J connectivity index is 1.79. The number of hydrogen-bond donors (Lipinski definition) is 1. The second kappa shape index (κ2) is 9.74. The van der Waals surface area contributed by atoms with E-state index in [1.807, 2.05) is 0 Å². The van der Waals surface area contributed by atoms with Crippen LogP contribution in [0.3, 0.4) is 0 Å². The second-order valence-electron chi connectivity index (χ2n) is 7.27. The summed E-state index contributed by atoms with van der Waals surface area (Å²) in [5.41, 5.74) is -0.481. The summed E-state index contributed by atoms with van der Waals surface area (Å²) in [6.45, 7) is 0.881. The normalized spacial score (nSPS) is 15.6. The van der Waals surface area contributed by atoms with E-state index in [0.29, 0.717) is 13.1 Å². The number of methoxy groups -OCH3 is 1. The van der Waals surface area contributed by atoms with Crippen molar-refractivity contribution in [1.82, 2.24) is 4.31 Å². The first-order valence-electron chi connectivity index (χ1n) is 9.96. The standard InChI is InChI=1S/C22H23F3N2O4S/c1-31-20-10-9-18(32(29,30)27-12-3-2-4-13-27)15-19(20)26-21(28)11-8-16-6-5-7-17(14-16)22(23,24)25/h5-11,14-15H,2-4,12-13H2,1H3,(H,26,28)/b11-8-. The number of rotatable bonds is 6. The SMILES string of the molecule is COc1ccc(S(=O)(=O)N2CCCCC2)cc1NC(=O)/C=C\c1cccc(C(F)(F)F)c1. The number of amides is 1. The number of nitrogens with one attached hydrogen (secondary N) is 1. The number of nitrogens with zero attached hydrogens (tertiary/aromatic N) is 1. The highest BCUT2D eigenvalue weighted by Crippen LogP contribution is 2.31. The molecule has 2 aromatic rings. The maximum Gasteiger partial charge on any atom is 0.416 e. The number of sulfonamides is 1. The molecule has 6 nitrogen and oxygen atoms in total. The fourth-order valence-corrected chi connectivity index (χ4v) is 4.91. The predicted molar refractivity (Wildman–Crippen MR) is 115 cm³/mol. The highest BCUT2D eigenvalue weighted by atomic mass is 32.2. The van der Waals surface area contributed by atoms with Crippen LogP contribution in [0.2, 0.25) is 0 Å². The molecule has 2 aromatic carbocycles. The molecule has 0 saturated carbocycles. The number of benzene rings is 2. The van der Waals surface area contributed by atoms with Gasteiger partial charge >= 0.3 is 6.18 Å². The highest BCUT2D eigenvalue weighted by molar-refractivity contribution is 7.89. The minimum absolute atomic E-state index is 0.0253. The van der Waals surface area contributed by atoms with Crippen LogP contribution in [0, 0.1) is 0 Å². The van der Waals surface area contributed by atoms with Crippen LogP contribution in [0.15, 0.2) is 53.4 Å². The molecule has 1 amide bonds. The van der Waals surface area contributed by atoms with E-state index in [2.05, 4.69) is 5.32 Å². The zero-order valence-corrected chi connectivity index (χ0v) is 18.2. The molecule has 0 atom stereocenters. The first-order valence-corrected chi connectivity index (χ1v) is 11.4. The van der Waals surface area contributed by atoms with Gasteiger partial charge in [-0.1, -0.05) is 18.6 Å². The van der Waals surface area contributed by atoms with Gasteiger partial charge in [-0.2, -0.15) is 17.5 Å². The molecule has 0 aliphatic carbocycles. The Bertz CT molecular complexity index is 1110. The molecule has 172 valence electrons. The first kappa shape index (κ1) is 23.8. The maximum atomic E-state index is 12.9. The first-order chi connectivity index (χ1) is 15.1. The van der Waals surface area contributed by atoms with Crippen molar-refractivity contribution in [3.8, 4) is 5.75 Å². The van der Waals surface area contributed by atoms with Gasteiger partial charge in [-0.25, -0.2) is 8.42 Å². The van der Waals surface area contributed by atoms with Gasteiger partial charge < -0.3 is 10.1 Å². The van der Waals surface area contributed by atoms with Gasteiger partial charge in [0.25, 0.3) is 0 Å². The Morgan fingerprint density at radius 1 is 1.09 bits per heavy atom. The predicted octanol–water partition coefficient (Wildman–Crippen LogP) is 4.54. The highest BCUT2D eigenvalue weighted by Gasteiger charge is 2.30. The minimum atomic E-state index is -4.49. The third kappa shape index (κ3) is 5.68. The second-order valence-corrected chi connectivity index (χ2v) is 9.21. The Labute approximate surface area is 184 Å². The summed E-state index contributed by atoms with van der Waals surface area (Å²) in [5, 5.41) is 2.54. The molecule has 0 spiro atoms. The van der Waals surface area contributed by atoms with E-state index < -0.39 is 27.7 Å². The van der Waals surface area contributed by atoms with E-state index in [1.54, 1.807) is 0 Å². The van der Waals surface area contributed by atoms with E-state index >= 15 is 0 Å². The van der Waals surface area contributed by atoms with E-state index in [1.165, 1.54) is 47.8 Å². The summed E-state index contributed by atoms with van der Waals surface area (Å²) >= 11 is 0. The molecular weight excluding hydrogens is 445 g/mol. The molecule has 3 rings (SSSR count). The lowest BCUT2D eigenvalue weighted by Crippen LogP contribution is -2.35. The van der Waals surface area contributed by atoms with Crippen LogP contribution in [0.1, 0.15) is 30.4 Å². The third-order valence-corrected chi connectivity index (χ3v) is 6.92. The molecule has 1 heterocycles. The lowest BCUT2D eigenvalue weighted by molar-refractivity contribution is -0.137. The fourth-order valence-electron chi connectivity index (χ4n) is 3.36. The summed E-state index contributed by atoms with van der Waals surface area (Å²) in [5.74, 6) is -0.392. The number of ether oxygens (including phenoxy) is 1. The summed E-state index contributed by atoms with van der Waals surface area (Å²) in [6, 6.07) is 8.73. The van der Waals surface area contributed by atoms with E-state index in [9.17, 15) is 26.4 Å². The number of carbonyl (C=O) groups excluding carboxylic acids is 1. The lowest BCUT2D eigenvalue weighted by atomic mass is 10.1. The van der Waals surface area contributed by atoms with Gasteiger partial charge in [0, 0.05) is 19.2 Å². The van der Waals surface area contributed by atoms with Crippen molar-refractivity contribution in [2.24, 2.45) is 0 Å². The number of halogens is 3. The average molecular weight is 468 g/mol. The van der Waals surface area contributed by atoms with Gasteiger partial charge in [0.1, 0.15) is 5.75 Å². The summed E-state index contributed by atoms with van der Waals surface area (Å²) < 4.78 is 71.0. The topological polar surface area (TPSA) is 75.7 Å². The number of hydrogen-bond acceptors (Lipinski definition) is 4. The van der Waals surface area contributed by atoms with Crippen LogP contribution in [-0.2, 0) is 21.0 Å². The quantitative estimate of drug-likeness (QED) is 0.632. The third-order valence-electron chi connectivity index (χ3n) is 5.02. The van der Waals surface area contributed by atoms with Crippen molar-refractivity contribution < 1.29 is 31.1 Å². The molecule has 0 unspecified atom stereocenters. The largest absolute Gasteiger partial charge is 0.495 e. The van der Waals surface area contributed by atoms with Gasteiger partial charge in [0.05, 0.1) is 23.3 Å². The van der Waals surface area contributed by atoms with Gasteiger partial charge in [0.2, 0.25) is 15.9 Å². The lowest BCUT2D eigenvalue weighted by Gasteiger charge is -2.26. The van der Waals surface area contributed by atoms with Crippen LogP contribution < -0.4 is 10.1 Å². The molecule has 1 saturated heterocycles. The molecule has 0 aromatic heterocycles. The van der Waals surface area contributed by atoms with Crippen LogP contribution >= 0.6 is 0 Å². The summed E-state index contributed by atoms with van der Waals surface area (Å²) in [7, 11) is -2.34. The molecule has 1 aliphatic rings. The van der Waals surface area contributed by atoms with Crippen molar-refractivity contribution in [3.05, 3.63) is 59.7 Å². The van der Waals surface area contributed by atoms with Crippen molar-refractivity contribution in [1.29, 1.82) is 0 Å². The van der Waals surface area contributed by atoms with Crippen LogP contribution in [0.4, 0.5) is 18.9 Å². The van der Waals surface area contributed by atoms with Gasteiger partial charge in [-0.05, 0) is 54.8 Å². The molecule has 10 heteroatoms. The molecule has 32 heavy (non-hydrogen) atoms. The van der Waals surface area contributed by atoms with Gasteiger partial charge in [-0.15, -0.1) is 0 Å². The van der Waals surface area contributed by atoms with Crippen LogP contribution in [0.5, 0.6) is 5.75 Å². The fraction of sp³-hybridized carbons (Fsp3) is 0.318. The van der Waals surface area contributed by atoms with Gasteiger partial charge in [0.15, 0.2) is 0 Å². The molecule has 1 fully saturated rings. The van der Waals surface area contributed by atoms with E-state index in [-0.39, 0.29) is 21.9 Å². The van der Waals surface area contributed by atoms with Gasteiger partial charge in [-0.3, -0.25) is 4.79 Å². The molecule has 0 radical (unpaired) electrons. The Morgan fingerprint density at radius 3 is 2.47 bits per heavy atom. The monoisotopic (exact) mass is 468 g/mol. The molecular formula is C22H23F3N2O4S. The Morgan fingerprint density at radius 2 is 1.81 bits per heavy atom.